The lowest BCUT2D eigenvalue weighted by Crippen LogP contribution is -2.13. The first kappa shape index (κ1) is 9.83. The molecule has 0 amide bonds. The fraction of sp³-hybridized carbons (Fsp3) is 0.364. The number of hydrogen-bond donors (Lipinski definition) is 1. The number of nitrogens with two attached hydrogens (primary N) is 1. The maximum Gasteiger partial charge on any atom is 0.107 e. The highest BCUT2D eigenvalue weighted by molar-refractivity contribution is 5.88. The number of aryl methyl sites for hydroxylation is 1. The van der Waals surface area contributed by atoms with E-state index in [0.717, 1.165) is 36.3 Å². The second-order valence-corrected chi connectivity index (χ2v) is 3.48. The number of amidine groups is 1. The maximum atomic E-state index is 5.68. The molecule has 1 aliphatic rings. The lowest BCUT2D eigenvalue weighted by atomic mass is 10.1. The minimum Gasteiger partial charge on any atom is -0.387 e. The van der Waals surface area contributed by atoms with Crippen LogP contribution in [-0.2, 0) is 6.42 Å². The van der Waals surface area contributed by atoms with Crippen molar-refractivity contribution in [3.63, 3.8) is 0 Å². The van der Waals surface area contributed by atoms with Gasteiger partial charge in [-0.3, -0.25) is 9.97 Å². The Morgan fingerprint density at radius 1 is 1.33 bits per heavy atom. The summed E-state index contributed by atoms with van der Waals surface area (Å²) in [5.41, 5.74) is 8.31. The van der Waals surface area contributed by atoms with Gasteiger partial charge in [0.25, 0.3) is 0 Å². The third-order valence-electron chi connectivity index (χ3n) is 2.33. The molecule has 2 heterocycles. The van der Waals surface area contributed by atoms with E-state index >= 15 is 0 Å². The minimum atomic E-state index is 0.675. The molecule has 15 heavy (non-hydrogen) atoms. The molecule has 0 saturated carbocycles. The topological polar surface area (TPSA) is 64.2 Å². The number of aliphatic imine (C=N–C) groups is 1. The van der Waals surface area contributed by atoms with Gasteiger partial charge in [0.1, 0.15) is 5.69 Å². The quantitative estimate of drug-likeness (QED) is 0.791. The first-order chi connectivity index (χ1) is 7.29. The van der Waals surface area contributed by atoms with Crippen LogP contribution in [0.2, 0.25) is 0 Å². The van der Waals surface area contributed by atoms with Crippen LogP contribution in [0.4, 0.5) is 0 Å². The largest absolute Gasteiger partial charge is 0.387 e. The summed E-state index contributed by atoms with van der Waals surface area (Å²) >= 11 is 0. The SMILES string of the molecule is CCc1cnc(C2=CCCC(N)=N2)cn1. The second kappa shape index (κ2) is 4.21. The Balaban J connectivity index is 2.26. The molecule has 4 heteroatoms. The molecule has 4 nitrogen and oxygen atoms in total. The first-order valence-electron chi connectivity index (χ1n) is 5.14. The smallest absolute Gasteiger partial charge is 0.107 e. The van der Waals surface area contributed by atoms with Gasteiger partial charge in [0, 0.05) is 12.6 Å². The molecule has 0 saturated heterocycles. The van der Waals surface area contributed by atoms with Crippen LogP contribution in [0.15, 0.2) is 23.5 Å². The Hall–Kier alpha value is -1.71. The molecule has 2 N–H and O–H groups in total. The Morgan fingerprint density at radius 3 is 2.80 bits per heavy atom. The highest BCUT2D eigenvalue weighted by atomic mass is 14.9. The Bertz CT molecular complexity index is 403. The molecule has 78 valence electrons. The van der Waals surface area contributed by atoms with Gasteiger partial charge in [-0.1, -0.05) is 13.0 Å². The Kier molecular flexibility index (Phi) is 2.76. The van der Waals surface area contributed by atoms with E-state index in [-0.39, 0.29) is 0 Å². The number of allylic oxidation sites excluding steroid dienone is 1. The first-order valence-corrected chi connectivity index (χ1v) is 5.14. The molecule has 0 fully saturated rings. The standard InChI is InChI=1S/C11H14N4/c1-2-8-6-14-10(7-13-8)9-4-3-5-11(12)15-9/h4,6-7H,2-3,5H2,1H3,(H2,12,15). The third-order valence-corrected chi connectivity index (χ3v) is 2.33. The molecule has 1 aromatic heterocycles. The van der Waals surface area contributed by atoms with E-state index in [1.165, 1.54) is 0 Å². The van der Waals surface area contributed by atoms with Crippen molar-refractivity contribution in [3.8, 4) is 0 Å². The van der Waals surface area contributed by atoms with Crippen LogP contribution in [0.25, 0.3) is 5.70 Å². The minimum absolute atomic E-state index is 0.675. The van der Waals surface area contributed by atoms with Crippen LogP contribution < -0.4 is 5.73 Å². The van der Waals surface area contributed by atoms with Crippen LogP contribution in [0.5, 0.6) is 0 Å². The van der Waals surface area contributed by atoms with Crippen LogP contribution in [0.3, 0.4) is 0 Å². The summed E-state index contributed by atoms with van der Waals surface area (Å²) in [7, 11) is 0. The van der Waals surface area contributed by atoms with Gasteiger partial charge < -0.3 is 5.73 Å². The summed E-state index contributed by atoms with van der Waals surface area (Å²) in [6.45, 7) is 2.06. The zero-order valence-electron chi connectivity index (χ0n) is 8.77. The van der Waals surface area contributed by atoms with Crippen molar-refractivity contribution in [2.75, 3.05) is 0 Å². The molecular formula is C11H14N4. The molecule has 0 bridgehead atoms. The highest BCUT2D eigenvalue weighted by Crippen LogP contribution is 2.18. The lowest BCUT2D eigenvalue weighted by Gasteiger charge is -2.08. The number of nitrogens with zero attached hydrogens (tertiary/aromatic N) is 3. The molecule has 0 atom stereocenters. The second-order valence-electron chi connectivity index (χ2n) is 3.48. The predicted octanol–water partition coefficient (Wildman–Crippen LogP) is 1.53. The van der Waals surface area contributed by atoms with Crippen molar-refractivity contribution >= 4 is 11.5 Å². The van der Waals surface area contributed by atoms with E-state index in [4.69, 9.17) is 5.73 Å². The zero-order chi connectivity index (χ0) is 10.7. The molecule has 2 rings (SSSR count). The van der Waals surface area contributed by atoms with E-state index < -0.39 is 0 Å². The highest BCUT2D eigenvalue weighted by Gasteiger charge is 2.07. The van der Waals surface area contributed by atoms with Crippen LogP contribution in [-0.4, -0.2) is 15.8 Å². The molecule has 0 aromatic carbocycles. The van der Waals surface area contributed by atoms with E-state index in [1.807, 2.05) is 6.08 Å². The normalized spacial score (nSPS) is 15.8. The Labute approximate surface area is 89.0 Å². The summed E-state index contributed by atoms with van der Waals surface area (Å²) in [5.74, 6) is 0.675. The number of rotatable bonds is 2. The van der Waals surface area contributed by atoms with E-state index in [9.17, 15) is 0 Å². The molecule has 0 radical (unpaired) electrons. The van der Waals surface area contributed by atoms with Crippen molar-refractivity contribution in [3.05, 3.63) is 29.9 Å². The molecule has 1 aliphatic heterocycles. The molecule has 0 unspecified atom stereocenters. The number of hydrogen-bond acceptors (Lipinski definition) is 4. The van der Waals surface area contributed by atoms with Crippen LogP contribution in [0.1, 0.15) is 31.2 Å². The fourth-order valence-corrected chi connectivity index (χ4v) is 1.44. The summed E-state index contributed by atoms with van der Waals surface area (Å²) in [4.78, 5) is 12.9. The summed E-state index contributed by atoms with van der Waals surface area (Å²) in [6, 6.07) is 0. The van der Waals surface area contributed by atoms with Gasteiger partial charge in [0.2, 0.25) is 0 Å². The van der Waals surface area contributed by atoms with Crippen molar-refractivity contribution in [2.24, 2.45) is 10.7 Å². The van der Waals surface area contributed by atoms with Crippen molar-refractivity contribution in [2.45, 2.75) is 26.2 Å². The van der Waals surface area contributed by atoms with Gasteiger partial charge in [-0.25, -0.2) is 4.99 Å². The van der Waals surface area contributed by atoms with Gasteiger partial charge in [-0.15, -0.1) is 0 Å². The van der Waals surface area contributed by atoms with Crippen molar-refractivity contribution in [1.29, 1.82) is 0 Å². The average molecular weight is 202 g/mol. The zero-order valence-corrected chi connectivity index (χ0v) is 8.77. The molecular weight excluding hydrogens is 188 g/mol. The van der Waals surface area contributed by atoms with Crippen LogP contribution in [0, 0.1) is 0 Å². The fourth-order valence-electron chi connectivity index (χ4n) is 1.44. The lowest BCUT2D eigenvalue weighted by molar-refractivity contribution is 0.982. The number of aromatic nitrogens is 2. The summed E-state index contributed by atoms with van der Waals surface area (Å²) < 4.78 is 0. The monoisotopic (exact) mass is 202 g/mol. The van der Waals surface area contributed by atoms with E-state index in [2.05, 4.69) is 21.9 Å². The Morgan fingerprint density at radius 2 is 2.20 bits per heavy atom. The van der Waals surface area contributed by atoms with Crippen molar-refractivity contribution < 1.29 is 0 Å². The molecule has 0 aliphatic carbocycles. The van der Waals surface area contributed by atoms with E-state index in [1.54, 1.807) is 12.4 Å². The van der Waals surface area contributed by atoms with Gasteiger partial charge >= 0.3 is 0 Å². The van der Waals surface area contributed by atoms with Crippen molar-refractivity contribution in [1.82, 2.24) is 9.97 Å². The van der Waals surface area contributed by atoms with Gasteiger partial charge in [-0.2, -0.15) is 0 Å². The third kappa shape index (κ3) is 2.21. The summed E-state index contributed by atoms with van der Waals surface area (Å²) in [5, 5.41) is 0. The molecule has 1 aromatic rings. The predicted molar refractivity (Wildman–Crippen MR) is 60.2 cm³/mol. The maximum absolute atomic E-state index is 5.68. The summed E-state index contributed by atoms with van der Waals surface area (Å²) in [6.07, 6.45) is 8.26. The van der Waals surface area contributed by atoms with E-state index in [0.29, 0.717) is 5.84 Å². The van der Waals surface area contributed by atoms with Gasteiger partial charge in [0.15, 0.2) is 0 Å². The van der Waals surface area contributed by atoms with Gasteiger partial charge in [-0.05, 0) is 12.8 Å². The van der Waals surface area contributed by atoms with Gasteiger partial charge in [0.05, 0.1) is 23.4 Å². The van der Waals surface area contributed by atoms with Crippen LogP contribution >= 0.6 is 0 Å². The average Bonchev–Trinajstić information content (AvgIpc) is 2.29. The molecule has 0 spiro atoms.